The molecule has 0 radical (unpaired) electrons. The summed E-state index contributed by atoms with van der Waals surface area (Å²) in [5.41, 5.74) is 5.76. The van der Waals surface area contributed by atoms with Gasteiger partial charge in [-0.15, -0.1) is 6.42 Å². The molecule has 2 fully saturated rings. The highest BCUT2D eigenvalue weighted by molar-refractivity contribution is 7.80. The van der Waals surface area contributed by atoms with E-state index in [4.69, 9.17) is 29.1 Å². The molecule has 0 aromatic carbocycles. The van der Waals surface area contributed by atoms with Gasteiger partial charge in [-0.2, -0.15) is 0 Å². The van der Waals surface area contributed by atoms with Crippen molar-refractivity contribution in [2.45, 2.75) is 63.3 Å². The number of hydrogen-bond donors (Lipinski definition) is 3. The van der Waals surface area contributed by atoms with Crippen LogP contribution in [0, 0.1) is 18.3 Å². The summed E-state index contributed by atoms with van der Waals surface area (Å²) in [4.78, 5) is 0.480. The van der Waals surface area contributed by atoms with Gasteiger partial charge < -0.3 is 15.8 Å². The van der Waals surface area contributed by atoms with E-state index in [0.29, 0.717) is 23.6 Å². The molecule has 0 aromatic rings. The van der Waals surface area contributed by atoms with Gasteiger partial charge >= 0.3 is 0 Å². The van der Waals surface area contributed by atoms with E-state index < -0.39 is 0 Å². The SMILES string of the molecule is C#CCOC1NC(C(N)=S)CNC1C1CCCCCCC1. The number of nitrogens with two attached hydrogens (primary N) is 1. The van der Waals surface area contributed by atoms with Gasteiger partial charge in [0.2, 0.25) is 0 Å². The Kier molecular flexibility index (Phi) is 6.91. The Balaban J connectivity index is 2.00. The second-order valence-electron chi connectivity index (χ2n) is 6.10. The quantitative estimate of drug-likeness (QED) is 0.543. The molecule has 1 heterocycles. The summed E-state index contributed by atoms with van der Waals surface area (Å²) in [6, 6.07) is 0.273. The van der Waals surface area contributed by atoms with Crippen molar-refractivity contribution < 1.29 is 4.74 Å². The van der Waals surface area contributed by atoms with Crippen LogP contribution in [0.5, 0.6) is 0 Å². The molecule has 0 bridgehead atoms. The molecule has 21 heavy (non-hydrogen) atoms. The Morgan fingerprint density at radius 1 is 1.24 bits per heavy atom. The lowest BCUT2D eigenvalue weighted by atomic mass is 9.84. The van der Waals surface area contributed by atoms with Crippen LogP contribution < -0.4 is 16.4 Å². The van der Waals surface area contributed by atoms with Crippen molar-refractivity contribution in [1.29, 1.82) is 0 Å². The number of piperazine rings is 1. The largest absolute Gasteiger partial charge is 0.392 e. The molecular weight excluding hydrogens is 282 g/mol. The van der Waals surface area contributed by atoms with E-state index in [1.54, 1.807) is 0 Å². The number of thiocarbonyl (C=S) groups is 1. The molecule has 1 aliphatic heterocycles. The lowest BCUT2D eigenvalue weighted by molar-refractivity contribution is -0.0169. The molecule has 3 atom stereocenters. The van der Waals surface area contributed by atoms with Crippen molar-refractivity contribution in [3.05, 3.63) is 0 Å². The number of terminal acetylenes is 1. The molecule has 4 N–H and O–H groups in total. The van der Waals surface area contributed by atoms with Crippen LogP contribution in [0.25, 0.3) is 0 Å². The molecule has 0 aromatic heterocycles. The maximum absolute atomic E-state index is 5.83. The van der Waals surface area contributed by atoms with Gasteiger partial charge in [-0.1, -0.05) is 50.2 Å². The minimum Gasteiger partial charge on any atom is -0.392 e. The molecule has 5 heteroatoms. The Hall–Kier alpha value is -0.670. The van der Waals surface area contributed by atoms with Gasteiger partial charge in [0.05, 0.1) is 11.0 Å². The van der Waals surface area contributed by atoms with Gasteiger partial charge in [-0.05, 0) is 18.8 Å². The van der Waals surface area contributed by atoms with Crippen molar-refractivity contribution in [2.75, 3.05) is 13.2 Å². The van der Waals surface area contributed by atoms with E-state index in [0.717, 1.165) is 6.54 Å². The van der Waals surface area contributed by atoms with Gasteiger partial charge in [-0.25, -0.2) is 0 Å². The fourth-order valence-corrected chi connectivity index (χ4v) is 3.61. The van der Waals surface area contributed by atoms with Crippen LogP contribution in [0.2, 0.25) is 0 Å². The Labute approximate surface area is 133 Å². The lowest BCUT2D eigenvalue weighted by Gasteiger charge is -2.42. The molecule has 0 amide bonds. The molecule has 118 valence electrons. The second-order valence-corrected chi connectivity index (χ2v) is 6.57. The van der Waals surface area contributed by atoms with Crippen LogP contribution in [0.3, 0.4) is 0 Å². The van der Waals surface area contributed by atoms with E-state index in [9.17, 15) is 0 Å². The average Bonchev–Trinajstić information content (AvgIpc) is 2.45. The van der Waals surface area contributed by atoms with E-state index in [1.807, 2.05) is 0 Å². The second kappa shape index (κ2) is 8.70. The monoisotopic (exact) mass is 309 g/mol. The van der Waals surface area contributed by atoms with Crippen molar-refractivity contribution in [2.24, 2.45) is 11.7 Å². The molecule has 3 unspecified atom stereocenters. The molecule has 4 nitrogen and oxygen atoms in total. The molecule has 0 spiro atoms. The van der Waals surface area contributed by atoms with Crippen LogP contribution in [0.1, 0.15) is 44.9 Å². The molecule has 2 aliphatic rings. The first-order valence-corrected chi connectivity index (χ1v) is 8.47. The fraction of sp³-hybridized carbons (Fsp3) is 0.812. The number of nitrogens with one attached hydrogen (secondary N) is 2. The summed E-state index contributed by atoms with van der Waals surface area (Å²) in [6.07, 6.45) is 14.4. The van der Waals surface area contributed by atoms with Crippen LogP contribution in [0.15, 0.2) is 0 Å². The van der Waals surface area contributed by atoms with Gasteiger partial charge in [0, 0.05) is 12.6 Å². The Bertz CT molecular complexity index is 374. The fourth-order valence-electron chi connectivity index (χ4n) is 3.45. The number of hydrogen-bond acceptors (Lipinski definition) is 4. The highest BCUT2D eigenvalue weighted by atomic mass is 32.1. The predicted molar refractivity (Wildman–Crippen MR) is 89.9 cm³/mol. The maximum atomic E-state index is 5.83. The zero-order valence-electron chi connectivity index (χ0n) is 12.6. The standard InChI is InChI=1S/C16H27N3OS/c1-2-10-20-16-14(18-11-13(19-16)15(17)21)12-8-6-4-3-5-7-9-12/h1,12-14,16,18-19H,3-11H2,(H2,17,21). The lowest BCUT2D eigenvalue weighted by Crippen LogP contribution is -2.66. The molecular formula is C16H27N3OS. The van der Waals surface area contributed by atoms with Gasteiger partial charge in [0.1, 0.15) is 12.8 Å². The first-order chi connectivity index (χ1) is 10.2. The first kappa shape index (κ1) is 16.7. The van der Waals surface area contributed by atoms with Crippen LogP contribution >= 0.6 is 12.2 Å². The van der Waals surface area contributed by atoms with Crippen molar-refractivity contribution >= 4 is 17.2 Å². The van der Waals surface area contributed by atoms with Gasteiger partial charge in [0.25, 0.3) is 0 Å². The zero-order chi connectivity index (χ0) is 15.1. The molecule has 1 aliphatic carbocycles. The maximum Gasteiger partial charge on any atom is 0.125 e. The van der Waals surface area contributed by atoms with Crippen LogP contribution in [0.4, 0.5) is 0 Å². The minimum atomic E-state index is -0.106. The van der Waals surface area contributed by atoms with Crippen LogP contribution in [-0.2, 0) is 4.74 Å². The summed E-state index contributed by atoms with van der Waals surface area (Å²) in [5.74, 6) is 3.18. The van der Waals surface area contributed by atoms with E-state index in [-0.39, 0.29) is 12.3 Å². The van der Waals surface area contributed by atoms with E-state index in [2.05, 4.69) is 16.6 Å². The van der Waals surface area contributed by atoms with E-state index >= 15 is 0 Å². The van der Waals surface area contributed by atoms with Gasteiger partial charge in [-0.3, -0.25) is 5.32 Å². The molecule has 2 rings (SSSR count). The number of ether oxygens (including phenoxy) is 1. The van der Waals surface area contributed by atoms with E-state index in [1.165, 1.54) is 44.9 Å². The highest BCUT2D eigenvalue weighted by Gasteiger charge is 2.36. The molecule has 1 saturated carbocycles. The smallest absolute Gasteiger partial charge is 0.125 e. The number of rotatable bonds is 4. The summed E-state index contributed by atoms with van der Waals surface area (Å²) in [7, 11) is 0. The third-order valence-electron chi connectivity index (χ3n) is 4.60. The third-order valence-corrected chi connectivity index (χ3v) is 4.88. The Morgan fingerprint density at radius 2 is 1.90 bits per heavy atom. The highest BCUT2D eigenvalue weighted by Crippen LogP contribution is 2.27. The predicted octanol–water partition coefficient (Wildman–Crippen LogP) is 1.54. The normalized spacial score (nSPS) is 31.9. The summed E-state index contributed by atoms with van der Waals surface area (Å²) in [6.45, 7) is 1.08. The molecule has 1 saturated heterocycles. The summed E-state index contributed by atoms with van der Waals surface area (Å²) >= 11 is 5.10. The minimum absolute atomic E-state index is 0.0208. The van der Waals surface area contributed by atoms with Crippen LogP contribution in [-0.4, -0.2) is 36.5 Å². The summed E-state index contributed by atoms with van der Waals surface area (Å²) in [5, 5.41) is 7.03. The van der Waals surface area contributed by atoms with Gasteiger partial charge in [0.15, 0.2) is 0 Å². The summed E-state index contributed by atoms with van der Waals surface area (Å²) < 4.78 is 5.83. The first-order valence-electron chi connectivity index (χ1n) is 8.06. The zero-order valence-corrected chi connectivity index (χ0v) is 13.5. The van der Waals surface area contributed by atoms with Crippen molar-refractivity contribution in [3.63, 3.8) is 0 Å². The Morgan fingerprint density at radius 3 is 2.52 bits per heavy atom. The van der Waals surface area contributed by atoms with Crippen molar-refractivity contribution in [1.82, 2.24) is 10.6 Å². The third kappa shape index (κ3) is 4.93. The van der Waals surface area contributed by atoms with Crippen molar-refractivity contribution in [3.8, 4) is 12.3 Å². The topological polar surface area (TPSA) is 59.3 Å². The average molecular weight is 309 g/mol.